The topological polar surface area (TPSA) is 33.4 Å². The Morgan fingerprint density at radius 1 is 1.18 bits per heavy atom. The van der Waals surface area contributed by atoms with Crippen LogP contribution in [0.5, 0.6) is 0 Å². The molecule has 1 atom stereocenters. The highest BCUT2D eigenvalue weighted by Gasteiger charge is 2.12. The normalized spacial score (nSPS) is 13.4. The Kier molecular flexibility index (Phi) is 3.85. The van der Waals surface area contributed by atoms with Crippen molar-refractivity contribution in [3.8, 4) is 0 Å². The van der Waals surface area contributed by atoms with Crippen LogP contribution in [0, 0.1) is 5.92 Å². The lowest BCUT2D eigenvalue weighted by atomic mass is 10.0. The molecule has 0 aliphatic rings. The predicted molar refractivity (Wildman–Crippen MR) is 69.9 cm³/mol. The molecule has 2 nitrogen and oxygen atoms in total. The van der Waals surface area contributed by atoms with Crippen molar-refractivity contribution in [1.82, 2.24) is 0 Å². The number of para-hydroxylation sites is 1. The first-order valence-electron chi connectivity index (χ1n) is 6.33. The summed E-state index contributed by atoms with van der Waals surface area (Å²) in [6.45, 7) is 4.40. The Morgan fingerprint density at radius 2 is 1.94 bits per heavy atom. The number of fused-ring (bicyclic) bond motifs is 1. The quantitative estimate of drug-likeness (QED) is 0.834. The highest BCUT2D eigenvalue weighted by atomic mass is 16.4. The van der Waals surface area contributed by atoms with Gasteiger partial charge in [0, 0.05) is 5.39 Å². The summed E-state index contributed by atoms with van der Waals surface area (Å²) in [7, 11) is 0. The van der Waals surface area contributed by atoms with Crippen molar-refractivity contribution in [1.29, 1.82) is 0 Å². The number of hydrogen-bond acceptors (Lipinski definition) is 2. The van der Waals surface area contributed by atoms with E-state index in [-0.39, 0.29) is 0 Å². The minimum atomic E-state index is -0.471. The zero-order valence-corrected chi connectivity index (χ0v) is 10.5. The number of hydrogen-bond donors (Lipinski definition) is 1. The molecule has 1 N–H and O–H groups in total. The molecule has 2 heteroatoms. The van der Waals surface area contributed by atoms with Gasteiger partial charge in [0.1, 0.15) is 17.4 Å². The second-order valence-electron chi connectivity index (χ2n) is 5.03. The Morgan fingerprint density at radius 3 is 2.65 bits per heavy atom. The molecule has 1 heterocycles. The van der Waals surface area contributed by atoms with Crippen LogP contribution < -0.4 is 0 Å². The molecule has 1 aromatic carbocycles. The molecule has 0 aliphatic heterocycles. The van der Waals surface area contributed by atoms with E-state index in [9.17, 15) is 5.11 Å². The van der Waals surface area contributed by atoms with Gasteiger partial charge in [-0.2, -0.15) is 0 Å². The fourth-order valence-corrected chi connectivity index (χ4v) is 2.03. The van der Waals surface area contributed by atoms with Crippen LogP contribution in [0.15, 0.2) is 34.7 Å². The number of benzene rings is 1. The molecule has 0 amide bonds. The number of aliphatic hydroxyl groups excluding tert-OH is 1. The van der Waals surface area contributed by atoms with Crippen LogP contribution in [0.2, 0.25) is 0 Å². The van der Waals surface area contributed by atoms with E-state index < -0.39 is 6.10 Å². The van der Waals surface area contributed by atoms with Crippen molar-refractivity contribution in [2.75, 3.05) is 0 Å². The van der Waals surface area contributed by atoms with Gasteiger partial charge in [0.2, 0.25) is 0 Å². The van der Waals surface area contributed by atoms with E-state index >= 15 is 0 Å². The molecule has 0 fully saturated rings. The van der Waals surface area contributed by atoms with Gasteiger partial charge < -0.3 is 9.52 Å². The van der Waals surface area contributed by atoms with E-state index in [0.717, 1.165) is 30.2 Å². The summed E-state index contributed by atoms with van der Waals surface area (Å²) in [6.07, 6.45) is 2.49. The maximum absolute atomic E-state index is 10.0. The summed E-state index contributed by atoms with van der Waals surface area (Å²) in [5, 5.41) is 11.1. The van der Waals surface area contributed by atoms with Crippen LogP contribution in [-0.4, -0.2) is 5.11 Å². The third-order valence-corrected chi connectivity index (χ3v) is 3.03. The highest BCUT2D eigenvalue weighted by molar-refractivity contribution is 5.77. The van der Waals surface area contributed by atoms with Crippen molar-refractivity contribution < 1.29 is 9.52 Å². The molecule has 0 aliphatic carbocycles. The Hall–Kier alpha value is -1.28. The van der Waals surface area contributed by atoms with Gasteiger partial charge in [-0.3, -0.25) is 0 Å². The standard InChI is InChI=1S/C15H20O2/c1-11(2)6-5-8-13(16)15-10-12-7-3-4-9-14(12)17-15/h3-4,7,9-11,13,16H,5-6,8H2,1-2H3. The van der Waals surface area contributed by atoms with Crippen LogP contribution >= 0.6 is 0 Å². The lowest BCUT2D eigenvalue weighted by Gasteiger charge is -2.08. The third kappa shape index (κ3) is 3.10. The first kappa shape index (κ1) is 12.2. The largest absolute Gasteiger partial charge is 0.458 e. The zero-order valence-electron chi connectivity index (χ0n) is 10.5. The second-order valence-corrected chi connectivity index (χ2v) is 5.03. The van der Waals surface area contributed by atoms with Gasteiger partial charge in [-0.05, 0) is 24.5 Å². The van der Waals surface area contributed by atoms with E-state index in [0.29, 0.717) is 11.7 Å². The smallest absolute Gasteiger partial charge is 0.134 e. The van der Waals surface area contributed by atoms with Crippen LogP contribution in [0.3, 0.4) is 0 Å². The van der Waals surface area contributed by atoms with Crippen molar-refractivity contribution in [3.63, 3.8) is 0 Å². The summed E-state index contributed by atoms with van der Waals surface area (Å²) in [5.74, 6) is 1.38. The molecule has 1 unspecified atom stereocenters. The average molecular weight is 232 g/mol. The maximum Gasteiger partial charge on any atom is 0.134 e. The van der Waals surface area contributed by atoms with Gasteiger partial charge in [-0.15, -0.1) is 0 Å². The first-order valence-corrected chi connectivity index (χ1v) is 6.33. The SMILES string of the molecule is CC(C)CCCC(O)c1cc2ccccc2o1. The molecule has 2 aromatic rings. The molecular formula is C15H20O2. The van der Waals surface area contributed by atoms with Gasteiger partial charge >= 0.3 is 0 Å². The molecule has 1 aromatic heterocycles. The molecule has 0 saturated heterocycles. The van der Waals surface area contributed by atoms with Gasteiger partial charge in [0.25, 0.3) is 0 Å². The fraction of sp³-hybridized carbons (Fsp3) is 0.467. The van der Waals surface area contributed by atoms with Crippen LogP contribution in [0.25, 0.3) is 11.0 Å². The molecule has 0 radical (unpaired) electrons. The molecule has 0 spiro atoms. The second kappa shape index (κ2) is 5.37. The fourth-order valence-electron chi connectivity index (χ4n) is 2.03. The van der Waals surface area contributed by atoms with Gasteiger partial charge in [0.05, 0.1) is 0 Å². The van der Waals surface area contributed by atoms with Crippen molar-refractivity contribution in [2.45, 2.75) is 39.2 Å². The Balaban J connectivity index is 2.01. The van der Waals surface area contributed by atoms with E-state index in [1.54, 1.807) is 0 Å². The van der Waals surface area contributed by atoms with Crippen LogP contribution in [0.4, 0.5) is 0 Å². The Bertz CT molecular complexity index is 437. The van der Waals surface area contributed by atoms with Gasteiger partial charge in [0.15, 0.2) is 0 Å². The van der Waals surface area contributed by atoms with Gasteiger partial charge in [-0.1, -0.05) is 44.9 Å². The van der Waals surface area contributed by atoms with Crippen molar-refractivity contribution in [2.24, 2.45) is 5.92 Å². The van der Waals surface area contributed by atoms with Crippen molar-refractivity contribution >= 4 is 11.0 Å². The molecule has 2 rings (SSSR count). The number of rotatable bonds is 5. The van der Waals surface area contributed by atoms with Crippen molar-refractivity contribution in [3.05, 3.63) is 36.1 Å². The lowest BCUT2D eigenvalue weighted by Crippen LogP contribution is -1.97. The average Bonchev–Trinajstić information content (AvgIpc) is 2.71. The van der Waals surface area contributed by atoms with E-state index in [1.807, 2.05) is 30.3 Å². The maximum atomic E-state index is 10.0. The van der Waals surface area contributed by atoms with E-state index in [1.165, 1.54) is 0 Å². The van der Waals surface area contributed by atoms with E-state index in [4.69, 9.17) is 4.42 Å². The zero-order chi connectivity index (χ0) is 12.3. The van der Waals surface area contributed by atoms with Crippen LogP contribution in [0.1, 0.15) is 45.0 Å². The molecule has 17 heavy (non-hydrogen) atoms. The first-order chi connectivity index (χ1) is 8.16. The number of furan rings is 1. The third-order valence-electron chi connectivity index (χ3n) is 3.03. The van der Waals surface area contributed by atoms with E-state index in [2.05, 4.69) is 13.8 Å². The Labute approximate surface area is 102 Å². The molecule has 92 valence electrons. The lowest BCUT2D eigenvalue weighted by molar-refractivity contribution is 0.138. The summed E-state index contributed by atoms with van der Waals surface area (Å²) >= 11 is 0. The molecular weight excluding hydrogens is 212 g/mol. The summed E-state index contributed by atoms with van der Waals surface area (Å²) in [5.41, 5.74) is 0.852. The summed E-state index contributed by atoms with van der Waals surface area (Å²) in [4.78, 5) is 0. The monoisotopic (exact) mass is 232 g/mol. The number of aliphatic hydroxyl groups is 1. The van der Waals surface area contributed by atoms with Gasteiger partial charge in [-0.25, -0.2) is 0 Å². The minimum Gasteiger partial charge on any atom is -0.458 e. The van der Waals surface area contributed by atoms with Crippen LogP contribution in [-0.2, 0) is 0 Å². The summed E-state index contributed by atoms with van der Waals surface area (Å²) < 4.78 is 5.64. The summed E-state index contributed by atoms with van der Waals surface area (Å²) in [6, 6.07) is 9.80. The molecule has 0 saturated carbocycles. The highest BCUT2D eigenvalue weighted by Crippen LogP contribution is 2.27. The predicted octanol–water partition coefficient (Wildman–Crippen LogP) is 4.29. The minimum absolute atomic E-state index is 0.471. The molecule has 0 bridgehead atoms.